The Balaban J connectivity index is 1.45. The number of carbonyl (C=O) groups excluding carboxylic acids is 2. The molecule has 0 radical (unpaired) electrons. The molecule has 1 saturated carbocycles. The molecule has 0 saturated heterocycles. The summed E-state index contributed by atoms with van der Waals surface area (Å²) in [6.07, 6.45) is 5.62. The van der Waals surface area contributed by atoms with Gasteiger partial charge in [0.1, 0.15) is 6.04 Å². The van der Waals surface area contributed by atoms with E-state index in [-0.39, 0.29) is 50.6 Å². The lowest BCUT2D eigenvalue weighted by Gasteiger charge is -2.30. The van der Waals surface area contributed by atoms with Crippen molar-refractivity contribution in [1.29, 1.82) is 0 Å². The van der Waals surface area contributed by atoms with E-state index >= 15 is 0 Å². The zero-order valence-electron chi connectivity index (χ0n) is 21.7. The maximum absolute atomic E-state index is 13.5. The van der Waals surface area contributed by atoms with Crippen LogP contribution in [-0.2, 0) is 26.2 Å². The van der Waals surface area contributed by atoms with Crippen molar-refractivity contribution >= 4 is 43.5 Å². The molecule has 1 aliphatic carbocycles. The molecular formula is C27H34BrN3O6S. The van der Waals surface area contributed by atoms with Crippen molar-refractivity contribution < 1.29 is 27.5 Å². The highest BCUT2D eigenvalue weighted by atomic mass is 79.9. The van der Waals surface area contributed by atoms with E-state index in [0.29, 0.717) is 17.2 Å². The van der Waals surface area contributed by atoms with Crippen molar-refractivity contribution in [3.8, 4) is 11.5 Å². The van der Waals surface area contributed by atoms with E-state index in [9.17, 15) is 18.0 Å². The summed E-state index contributed by atoms with van der Waals surface area (Å²) in [7, 11) is -3.61. The third-order valence-electron chi connectivity index (χ3n) is 6.91. The summed E-state index contributed by atoms with van der Waals surface area (Å²) in [6, 6.07) is 12.1. The van der Waals surface area contributed by atoms with Crippen LogP contribution in [0.5, 0.6) is 11.5 Å². The summed E-state index contributed by atoms with van der Waals surface area (Å²) in [6.45, 7) is 2.22. The summed E-state index contributed by atoms with van der Waals surface area (Å²) >= 11 is 3.47. The van der Waals surface area contributed by atoms with E-state index in [4.69, 9.17) is 9.47 Å². The fourth-order valence-electron chi connectivity index (χ4n) is 4.85. The summed E-state index contributed by atoms with van der Waals surface area (Å²) in [5.41, 5.74) is 1.34. The van der Waals surface area contributed by atoms with Gasteiger partial charge in [-0.1, -0.05) is 40.9 Å². The number of sulfonamides is 1. The maximum atomic E-state index is 13.5. The molecule has 1 unspecified atom stereocenters. The number of hydrogen-bond donors (Lipinski definition) is 1. The van der Waals surface area contributed by atoms with E-state index in [2.05, 4.69) is 21.2 Å². The van der Waals surface area contributed by atoms with Crippen LogP contribution in [0.2, 0.25) is 0 Å². The van der Waals surface area contributed by atoms with Crippen LogP contribution >= 0.6 is 15.9 Å². The molecule has 38 heavy (non-hydrogen) atoms. The Hall–Kier alpha value is -2.79. The number of fused-ring (bicyclic) bond motifs is 1. The van der Waals surface area contributed by atoms with E-state index in [0.717, 1.165) is 42.0 Å². The third-order valence-corrected chi connectivity index (χ3v) is 8.59. The molecule has 2 aromatic carbocycles. The minimum Gasteiger partial charge on any atom is -0.454 e. The van der Waals surface area contributed by atoms with Crippen LogP contribution in [0.4, 0.5) is 5.69 Å². The molecule has 1 heterocycles. The summed E-state index contributed by atoms with van der Waals surface area (Å²) in [5, 5.41) is 3.10. The van der Waals surface area contributed by atoms with Crippen LogP contribution in [0.25, 0.3) is 0 Å². The first-order valence-corrected chi connectivity index (χ1v) is 15.5. The summed E-state index contributed by atoms with van der Waals surface area (Å²) in [5.74, 6) is 0.663. The second-order valence-electron chi connectivity index (χ2n) is 9.79. The minimum absolute atomic E-state index is 0.0889. The van der Waals surface area contributed by atoms with Gasteiger partial charge >= 0.3 is 0 Å². The average molecular weight is 609 g/mol. The van der Waals surface area contributed by atoms with Gasteiger partial charge in [0.2, 0.25) is 28.6 Å². The van der Waals surface area contributed by atoms with E-state index in [1.165, 1.54) is 4.31 Å². The van der Waals surface area contributed by atoms with Crippen molar-refractivity contribution in [3.05, 3.63) is 52.5 Å². The third kappa shape index (κ3) is 7.19. The maximum Gasteiger partial charge on any atom is 0.242 e. The van der Waals surface area contributed by atoms with Gasteiger partial charge in [-0.05, 0) is 56.0 Å². The van der Waals surface area contributed by atoms with Crippen molar-refractivity contribution in [2.24, 2.45) is 0 Å². The zero-order chi connectivity index (χ0) is 27.3. The summed E-state index contributed by atoms with van der Waals surface area (Å²) in [4.78, 5) is 28.1. The molecule has 1 aliphatic heterocycles. The number of carbonyl (C=O) groups is 2. The molecular weight excluding hydrogens is 574 g/mol. The average Bonchev–Trinajstić information content (AvgIpc) is 3.55. The normalized spacial score (nSPS) is 15.8. The van der Waals surface area contributed by atoms with Crippen LogP contribution in [0.15, 0.2) is 46.9 Å². The molecule has 0 aromatic heterocycles. The molecule has 4 rings (SSSR count). The minimum atomic E-state index is -3.61. The number of nitrogens with one attached hydrogen (secondary N) is 1. The number of anilines is 1. The molecule has 0 bridgehead atoms. The van der Waals surface area contributed by atoms with Crippen LogP contribution in [0, 0.1) is 0 Å². The molecule has 1 fully saturated rings. The lowest BCUT2D eigenvalue weighted by Crippen LogP contribution is -2.49. The van der Waals surface area contributed by atoms with Gasteiger partial charge in [0, 0.05) is 36.1 Å². The quantitative estimate of drug-likeness (QED) is 0.410. The first-order valence-electron chi connectivity index (χ1n) is 12.8. The van der Waals surface area contributed by atoms with Crippen LogP contribution in [0.1, 0.15) is 51.0 Å². The molecule has 1 atom stereocenters. The van der Waals surface area contributed by atoms with E-state index < -0.39 is 16.1 Å². The topological polar surface area (TPSA) is 105 Å². The lowest BCUT2D eigenvalue weighted by molar-refractivity contribution is -0.141. The standard InChI is InChI=1S/C27H34BrN3O6S/c1-19(27(33)29-22-9-3-4-10-22)30(17-20-7-5-8-21(28)15-20)26(32)11-6-14-31(38(2,34)35)23-12-13-24-25(16-23)37-18-36-24/h5,7-8,12-13,15-16,19,22H,3-4,6,9-11,14,17-18H2,1-2H3,(H,29,33). The smallest absolute Gasteiger partial charge is 0.242 e. The first-order chi connectivity index (χ1) is 18.1. The van der Waals surface area contributed by atoms with Gasteiger partial charge in [-0.15, -0.1) is 0 Å². The highest BCUT2D eigenvalue weighted by molar-refractivity contribution is 9.10. The Bertz CT molecular complexity index is 1270. The predicted molar refractivity (Wildman–Crippen MR) is 149 cm³/mol. The number of halogens is 1. The molecule has 9 nitrogen and oxygen atoms in total. The predicted octanol–water partition coefficient (Wildman–Crippen LogP) is 4.20. The van der Waals surface area contributed by atoms with Crippen LogP contribution in [0.3, 0.4) is 0 Å². The Morgan fingerprint density at radius 2 is 1.84 bits per heavy atom. The van der Waals surface area contributed by atoms with E-state index in [1.807, 2.05) is 24.3 Å². The number of benzene rings is 2. The molecule has 0 spiro atoms. The van der Waals surface area contributed by atoms with Gasteiger partial charge in [-0.25, -0.2) is 8.42 Å². The van der Waals surface area contributed by atoms with Crippen molar-refractivity contribution in [3.63, 3.8) is 0 Å². The van der Waals surface area contributed by atoms with Crippen molar-refractivity contribution in [2.75, 3.05) is 23.9 Å². The number of rotatable bonds is 11. The Labute approximate surface area is 232 Å². The van der Waals surface area contributed by atoms with Gasteiger partial charge in [-0.3, -0.25) is 13.9 Å². The molecule has 1 N–H and O–H groups in total. The fraction of sp³-hybridized carbons (Fsp3) is 0.481. The van der Waals surface area contributed by atoms with E-state index in [1.54, 1.807) is 30.0 Å². The highest BCUT2D eigenvalue weighted by Crippen LogP contribution is 2.36. The molecule has 2 amide bonds. The molecule has 206 valence electrons. The van der Waals surface area contributed by atoms with Gasteiger partial charge in [0.25, 0.3) is 0 Å². The Kier molecular flexibility index (Phi) is 9.19. The first kappa shape index (κ1) is 28.2. The number of hydrogen-bond acceptors (Lipinski definition) is 6. The second kappa shape index (κ2) is 12.4. The van der Waals surface area contributed by atoms with Gasteiger partial charge in [0.15, 0.2) is 11.5 Å². The highest BCUT2D eigenvalue weighted by Gasteiger charge is 2.29. The number of amides is 2. The van der Waals surface area contributed by atoms with Gasteiger partial charge < -0.3 is 19.7 Å². The molecule has 2 aliphatic rings. The molecule has 2 aromatic rings. The molecule has 11 heteroatoms. The van der Waals surface area contributed by atoms with Crippen molar-refractivity contribution in [1.82, 2.24) is 10.2 Å². The summed E-state index contributed by atoms with van der Waals surface area (Å²) < 4.78 is 38.0. The second-order valence-corrected chi connectivity index (χ2v) is 12.6. The number of nitrogens with zero attached hydrogens (tertiary/aromatic N) is 2. The SMILES string of the molecule is CC(C(=O)NC1CCCC1)N(Cc1cccc(Br)c1)C(=O)CCCN(c1ccc2c(c1)OCO2)S(C)(=O)=O. The zero-order valence-corrected chi connectivity index (χ0v) is 24.1. The largest absolute Gasteiger partial charge is 0.454 e. The van der Waals surface area contributed by atoms with Crippen LogP contribution < -0.4 is 19.1 Å². The van der Waals surface area contributed by atoms with Gasteiger partial charge in [0.05, 0.1) is 11.9 Å². The monoisotopic (exact) mass is 607 g/mol. The van der Waals surface area contributed by atoms with Crippen LogP contribution in [-0.4, -0.2) is 56.8 Å². The number of ether oxygens (including phenoxy) is 2. The fourth-order valence-corrected chi connectivity index (χ4v) is 6.25. The Morgan fingerprint density at radius 1 is 1.11 bits per heavy atom. The Morgan fingerprint density at radius 3 is 2.55 bits per heavy atom. The van der Waals surface area contributed by atoms with Gasteiger partial charge in [-0.2, -0.15) is 0 Å². The van der Waals surface area contributed by atoms with Crippen molar-refractivity contribution in [2.45, 2.75) is 64.1 Å². The lowest BCUT2D eigenvalue weighted by atomic mass is 10.1.